The molecule has 3 N–H and O–H groups in total. The van der Waals surface area contributed by atoms with E-state index in [0.29, 0.717) is 11.4 Å². The fraction of sp³-hybridized carbons (Fsp3) is 0.333. The maximum absolute atomic E-state index is 12.9. The van der Waals surface area contributed by atoms with Crippen LogP contribution in [0.5, 0.6) is 0 Å². The van der Waals surface area contributed by atoms with Gasteiger partial charge in [-0.1, -0.05) is 0 Å². The van der Waals surface area contributed by atoms with Crippen molar-refractivity contribution >= 4 is 33.2 Å². The lowest BCUT2D eigenvalue weighted by molar-refractivity contribution is -0.122. The molecule has 10 heteroatoms. The van der Waals surface area contributed by atoms with Crippen LogP contribution in [-0.2, 0) is 19.6 Å². The molecule has 0 saturated carbocycles. The maximum atomic E-state index is 12.9. The molecule has 2 amide bonds. The average Bonchev–Trinajstić information content (AvgIpc) is 2.68. The van der Waals surface area contributed by atoms with Crippen molar-refractivity contribution in [1.29, 1.82) is 0 Å². The third-order valence-electron chi connectivity index (χ3n) is 4.38. The molecule has 0 bridgehead atoms. The number of halogens is 1. The summed E-state index contributed by atoms with van der Waals surface area (Å²) < 4.78 is 39.8. The monoisotopic (exact) mass is 450 g/mol. The predicted molar refractivity (Wildman–Crippen MR) is 118 cm³/mol. The van der Waals surface area contributed by atoms with Gasteiger partial charge in [-0.3, -0.25) is 14.5 Å². The van der Waals surface area contributed by atoms with Gasteiger partial charge in [0.05, 0.1) is 17.5 Å². The van der Waals surface area contributed by atoms with E-state index < -0.39 is 21.9 Å². The minimum atomic E-state index is -3.61. The minimum absolute atomic E-state index is 0.0516. The summed E-state index contributed by atoms with van der Waals surface area (Å²) in [7, 11) is -1.99. The van der Waals surface area contributed by atoms with E-state index in [9.17, 15) is 22.4 Å². The Morgan fingerprint density at radius 3 is 2.00 bits per heavy atom. The van der Waals surface area contributed by atoms with Crippen LogP contribution in [0, 0.1) is 5.82 Å². The van der Waals surface area contributed by atoms with Crippen molar-refractivity contribution in [2.75, 3.05) is 24.2 Å². The lowest BCUT2D eigenvalue weighted by atomic mass is 10.2. The molecule has 31 heavy (non-hydrogen) atoms. The first-order chi connectivity index (χ1) is 14.5. The van der Waals surface area contributed by atoms with Crippen molar-refractivity contribution in [2.45, 2.75) is 37.8 Å². The van der Waals surface area contributed by atoms with Crippen LogP contribution in [0.15, 0.2) is 53.4 Å². The highest BCUT2D eigenvalue weighted by atomic mass is 32.2. The highest BCUT2D eigenvalue weighted by molar-refractivity contribution is 7.89. The van der Waals surface area contributed by atoms with Crippen LogP contribution in [0.1, 0.15) is 20.8 Å². The molecular formula is C21H27FN4O4S. The molecular weight excluding hydrogens is 423 g/mol. The van der Waals surface area contributed by atoms with Crippen molar-refractivity contribution in [3.05, 3.63) is 54.3 Å². The number of carbonyl (C=O) groups is 2. The summed E-state index contributed by atoms with van der Waals surface area (Å²) >= 11 is 0. The van der Waals surface area contributed by atoms with Crippen molar-refractivity contribution in [2.24, 2.45) is 0 Å². The predicted octanol–water partition coefficient (Wildman–Crippen LogP) is 2.41. The number of amides is 2. The number of hydrogen-bond donors (Lipinski definition) is 3. The van der Waals surface area contributed by atoms with Gasteiger partial charge < -0.3 is 10.6 Å². The van der Waals surface area contributed by atoms with E-state index >= 15 is 0 Å². The maximum Gasteiger partial charge on any atom is 0.241 e. The molecule has 1 atom stereocenters. The Kier molecular flexibility index (Phi) is 8.26. The summed E-state index contributed by atoms with van der Waals surface area (Å²) in [5.74, 6) is -1.10. The Hall–Kier alpha value is -2.82. The molecule has 1 unspecified atom stereocenters. The quantitative estimate of drug-likeness (QED) is 0.544. The van der Waals surface area contributed by atoms with E-state index in [4.69, 9.17) is 0 Å². The van der Waals surface area contributed by atoms with Gasteiger partial charge >= 0.3 is 0 Å². The highest BCUT2D eigenvalue weighted by Crippen LogP contribution is 2.15. The van der Waals surface area contributed by atoms with Gasteiger partial charge in [0.15, 0.2) is 0 Å². The second-order valence-corrected chi connectivity index (χ2v) is 9.15. The van der Waals surface area contributed by atoms with Crippen LogP contribution in [-0.4, -0.2) is 50.8 Å². The van der Waals surface area contributed by atoms with Crippen LogP contribution in [0.4, 0.5) is 15.8 Å². The Morgan fingerprint density at radius 2 is 1.45 bits per heavy atom. The van der Waals surface area contributed by atoms with E-state index in [2.05, 4.69) is 15.4 Å². The lowest BCUT2D eigenvalue weighted by Crippen LogP contribution is -2.43. The number of rotatable bonds is 9. The van der Waals surface area contributed by atoms with Crippen LogP contribution in [0.2, 0.25) is 0 Å². The Bertz CT molecular complexity index is 1010. The van der Waals surface area contributed by atoms with Gasteiger partial charge in [-0.2, -0.15) is 0 Å². The zero-order chi connectivity index (χ0) is 23.2. The van der Waals surface area contributed by atoms with Gasteiger partial charge in [-0.15, -0.1) is 0 Å². The summed E-state index contributed by atoms with van der Waals surface area (Å²) in [6.07, 6.45) is 0. The van der Waals surface area contributed by atoms with E-state index in [-0.39, 0.29) is 29.3 Å². The number of hydrogen-bond acceptors (Lipinski definition) is 5. The molecule has 0 aliphatic carbocycles. The second-order valence-electron chi connectivity index (χ2n) is 7.44. The number of carbonyl (C=O) groups excluding carboxylic acids is 2. The first-order valence-electron chi connectivity index (χ1n) is 9.67. The Balaban J connectivity index is 1.92. The first-order valence-corrected chi connectivity index (χ1v) is 11.1. The van der Waals surface area contributed by atoms with Crippen LogP contribution in [0.3, 0.4) is 0 Å². The molecule has 2 aromatic rings. The number of nitrogens with one attached hydrogen (secondary N) is 3. The van der Waals surface area contributed by atoms with E-state index in [0.717, 1.165) is 0 Å². The second kappa shape index (κ2) is 10.5. The summed E-state index contributed by atoms with van der Waals surface area (Å²) in [6.45, 7) is 5.05. The van der Waals surface area contributed by atoms with Crippen LogP contribution in [0.25, 0.3) is 0 Å². The molecule has 0 saturated heterocycles. The van der Waals surface area contributed by atoms with Crippen molar-refractivity contribution in [1.82, 2.24) is 9.62 Å². The van der Waals surface area contributed by atoms with E-state index in [1.807, 2.05) is 0 Å². The zero-order valence-corrected chi connectivity index (χ0v) is 18.7. The zero-order valence-electron chi connectivity index (χ0n) is 17.8. The van der Waals surface area contributed by atoms with Crippen LogP contribution < -0.4 is 15.4 Å². The molecule has 0 radical (unpaired) electrons. The van der Waals surface area contributed by atoms with Gasteiger partial charge in [-0.25, -0.2) is 17.5 Å². The third-order valence-corrected chi connectivity index (χ3v) is 6.06. The van der Waals surface area contributed by atoms with Crippen molar-refractivity contribution in [3.63, 3.8) is 0 Å². The molecule has 0 aliphatic rings. The largest absolute Gasteiger partial charge is 0.325 e. The van der Waals surface area contributed by atoms with Gasteiger partial charge in [-0.05, 0) is 76.3 Å². The van der Waals surface area contributed by atoms with Crippen molar-refractivity contribution < 1.29 is 22.4 Å². The van der Waals surface area contributed by atoms with E-state index in [1.54, 1.807) is 32.7 Å². The third kappa shape index (κ3) is 7.42. The summed E-state index contributed by atoms with van der Waals surface area (Å²) in [5.41, 5.74) is 0.892. The number of sulfonamides is 1. The number of likely N-dealkylation sites (N-methyl/N-ethyl adjacent to an activating group) is 1. The topological polar surface area (TPSA) is 108 Å². The minimum Gasteiger partial charge on any atom is -0.325 e. The lowest BCUT2D eigenvalue weighted by Gasteiger charge is -2.23. The summed E-state index contributed by atoms with van der Waals surface area (Å²) in [5, 5.41) is 5.34. The Labute approximate surface area is 181 Å². The molecule has 0 aromatic heterocycles. The summed E-state index contributed by atoms with van der Waals surface area (Å²) in [6, 6.07) is 10.3. The number of anilines is 2. The normalized spacial score (nSPS) is 12.6. The van der Waals surface area contributed by atoms with Gasteiger partial charge in [0, 0.05) is 17.4 Å². The first kappa shape index (κ1) is 24.4. The van der Waals surface area contributed by atoms with Gasteiger partial charge in [0.25, 0.3) is 0 Å². The summed E-state index contributed by atoms with van der Waals surface area (Å²) in [4.78, 5) is 26.3. The highest BCUT2D eigenvalue weighted by Gasteiger charge is 2.21. The Morgan fingerprint density at radius 1 is 0.935 bits per heavy atom. The molecule has 2 aromatic carbocycles. The molecule has 0 fully saturated rings. The number of nitrogens with zero attached hydrogens (tertiary/aromatic N) is 1. The number of benzene rings is 2. The molecule has 8 nitrogen and oxygen atoms in total. The van der Waals surface area contributed by atoms with Gasteiger partial charge in [0.1, 0.15) is 5.82 Å². The molecule has 0 spiro atoms. The van der Waals surface area contributed by atoms with Gasteiger partial charge in [0.2, 0.25) is 21.8 Å². The fourth-order valence-corrected chi connectivity index (χ4v) is 3.89. The smallest absolute Gasteiger partial charge is 0.241 e. The van der Waals surface area contributed by atoms with E-state index in [1.165, 1.54) is 48.5 Å². The van der Waals surface area contributed by atoms with Crippen LogP contribution >= 0.6 is 0 Å². The molecule has 2 rings (SSSR count). The standard InChI is InChI=1S/C21H27FN4O4S/c1-14(2)25-31(29,30)19-11-9-18(10-12-19)24-21(28)15(3)26(4)13-20(27)23-17-7-5-16(22)6-8-17/h5-12,14-15,25H,13H2,1-4H3,(H,23,27)(H,24,28). The molecule has 0 aliphatic heterocycles. The molecule has 168 valence electrons. The molecule has 0 heterocycles. The average molecular weight is 451 g/mol. The van der Waals surface area contributed by atoms with Crippen molar-refractivity contribution in [3.8, 4) is 0 Å². The SMILES string of the molecule is CC(C)NS(=O)(=O)c1ccc(NC(=O)C(C)N(C)CC(=O)Nc2ccc(F)cc2)cc1. The fourth-order valence-electron chi connectivity index (χ4n) is 2.64.